The van der Waals surface area contributed by atoms with Crippen LogP contribution >= 0.6 is 24.8 Å². The first-order valence-corrected chi connectivity index (χ1v) is 7.25. The number of piperidine rings is 1. The van der Waals surface area contributed by atoms with Crippen molar-refractivity contribution in [1.82, 2.24) is 5.32 Å². The summed E-state index contributed by atoms with van der Waals surface area (Å²) in [7, 11) is 0. The first-order valence-electron chi connectivity index (χ1n) is 7.25. The van der Waals surface area contributed by atoms with Gasteiger partial charge in [0.25, 0.3) is 0 Å². The SMILES string of the molecule is Cl.Cl.O[C@H]1CCCN[C@@H]1/C=C/CN1CCc2ccccc21. The van der Waals surface area contributed by atoms with Crippen LogP contribution in [0.5, 0.6) is 0 Å². The molecule has 1 aromatic carbocycles. The van der Waals surface area contributed by atoms with E-state index in [4.69, 9.17) is 0 Å². The molecule has 3 nitrogen and oxygen atoms in total. The average molecular weight is 331 g/mol. The van der Waals surface area contributed by atoms with Crippen molar-refractivity contribution in [3.8, 4) is 0 Å². The molecule has 0 amide bonds. The van der Waals surface area contributed by atoms with Gasteiger partial charge in [0.2, 0.25) is 0 Å². The molecule has 0 aromatic heterocycles. The Hall–Kier alpha value is -0.740. The third-order valence-electron chi connectivity index (χ3n) is 4.12. The van der Waals surface area contributed by atoms with Crippen molar-refractivity contribution >= 4 is 30.5 Å². The Kier molecular flexibility index (Phi) is 7.53. The fourth-order valence-corrected chi connectivity index (χ4v) is 3.02. The number of para-hydroxylation sites is 1. The Balaban J connectivity index is 0.00000110. The maximum Gasteiger partial charge on any atom is 0.0729 e. The van der Waals surface area contributed by atoms with Crippen LogP contribution in [0.2, 0.25) is 0 Å². The number of rotatable bonds is 3. The van der Waals surface area contributed by atoms with E-state index in [1.165, 1.54) is 11.3 Å². The van der Waals surface area contributed by atoms with Crippen molar-refractivity contribution in [2.75, 3.05) is 24.5 Å². The normalized spacial score (nSPS) is 24.3. The summed E-state index contributed by atoms with van der Waals surface area (Å²) in [4.78, 5) is 2.40. The van der Waals surface area contributed by atoms with E-state index in [-0.39, 0.29) is 37.0 Å². The van der Waals surface area contributed by atoms with E-state index in [0.29, 0.717) is 0 Å². The predicted octanol–water partition coefficient (Wildman–Crippen LogP) is 2.56. The number of fused-ring (bicyclic) bond motifs is 1. The molecule has 0 spiro atoms. The summed E-state index contributed by atoms with van der Waals surface area (Å²) in [6.07, 6.45) is 7.23. The number of hydrogen-bond acceptors (Lipinski definition) is 3. The molecule has 1 fully saturated rings. The van der Waals surface area contributed by atoms with E-state index in [0.717, 1.165) is 38.9 Å². The molecule has 2 aliphatic heterocycles. The minimum atomic E-state index is -0.226. The third kappa shape index (κ3) is 4.36. The fraction of sp³-hybridized carbons (Fsp3) is 0.500. The van der Waals surface area contributed by atoms with Crippen molar-refractivity contribution in [3.05, 3.63) is 42.0 Å². The molecule has 0 aliphatic carbocycles. The fourth-order valence-electron chi connectivity index (χ4n) is 3.02. The molecule has 0 saturated carbocycles. The minimum absolute atomic E-state index is 0. The summed E-state index contributed by atoms with van der Waals surface area (Å²) in [6, 6.07) is 8.76. The number of nitrogens with one attached hydrogen (secondary N) is 1. The van der Waals surface area contributed by atoms with Crippen LogP contribution in [-0.2, 0) is 6.42 Å². The molecule has 3 rings (SSSR count). The number of aliphatic hydroxyl groups is 1. The Bertz CT molecular complexity index is 467. The molecule has 21 heavy (non-hydrogen) atoms. The van der Waals surface area contributed by atoms with Crippen molar-refractivity contribution in [2.45, 2.75) is 31.4 Å². The highest BCUT2D eigenvalue weighted by molar-refractivity contribution is 5.85. The van der Waals surface area contributed by atoms with Gasteiger partial charge in [-0.15, -0.1) is 24.8 Å². The van der Waals surface area contributed by atoms with E-state index in [1.807, 2.05) is 0 Å². The zero-order chi connectivity index (χ0) is 13.1. The molecule has 0 unspecified atom stereocenters. The number of hydrogen-bond donors (Lipinski definition) is 2. The van der Waals surface area contributed by atoms with Gasteiger partial charge in [-0.1, -0.05) is 30.4 Å². The first kappa shape index (κ1) is 18.3. The van der Waals surface area contributed by atoms with Gasteiger partial charge < -0.3 is 15.3 Å². The van der Waals surface area contributed by atoms with Crippen molar-refractivity contribution in [2.24, 2.45) is 0 Å². The molecule has 2 N–H and O–H groups in total. The summed E-state index contributed by atoms with van der Waals surface area (Å²) < 4.78 is 0. The number of benzene rings is 1. The van der Waals surface area contributed by atoms with Crippen LogP contribution in [-0.4, -0.2) is 36.9 Å². The maximum absolute atomic E-state index is 9.89. The quantitative estimate of drug-likeness (QED) is 0.836. The number of aliphatic hydroxyl groups excluding tert-OH is 1. The van der Waals surface area contributed by atoms with Crippen LogP contribution in [0.1, 0.15) is 18.4 Å². The lowest BCUT2D eigenvalue weighted by Gasteiger charge is -2.26. The topological polar surface area (TPSA) is 35.5 Å². The van der Waals surface area contributed by atoms with Crippen molar-refractivity contribution < 1.29 is 5.11 Å². The lowest BCUT2D eigenvalue weighted by Crippen LogP contribution is -2.43. The second-order valence-corrected chi connectivity index (χ2v) is 5.44. The molecule has 0 bridgehead atoms. The largest absolute Gasteiger partial charge is 0.391 e. The maximum atomic E-state index is 9.89. The predicted molar refractivity (Wildman–Crippen MR) is 93.0 cm³/mol. The molecule has 1 aromatic rings. The zero-order valence-corrected chi connectivity index (χ0v) is 13.7. The smallest absolute Gasteiger partial charge is 0.0729 e. The van der Waals surface area contributed by atoms with E-state index in [9.17, 15) is 5.11 Å². The van der Waals surface area contributed by atoms with Gasteiger partial charge in [0.15, 0.2) is 0 Å². The summed E-state index contributed by atoms with van der Waals surface area (Å²) in [5, 5.41) is 13.2. The molecule has 0 radical (unpaired) electrons. The van der Waals surface area contributed by atoms with E-state index in [1.54, 1.807) is 0 Å². The summed E-state index contributed by atoms with van der Waals surface area (Å²) in [6.45, 7) is 3.05. The molecule has 1 saturated heterocycles. The second kappa shape index (κ2) is 8.64. The van der Waals surface area contributed by atoms with Gasteiger partial charge in [0, 0.05) is 18.8 Å². The molecule has 5 heteroatoms. The Morgan fingerprint density at radius 3 is 2.90 bits per heavy atom. The van der Waals surface area contributed by atoms with Gasteiger partial charge >= 0.3 is 0 Å². The van der Waals surface area contributed by atoms with Gasteiger partial charge in [0.05, 0.1) is 12.1 Å². The minimum Gasteiger partial charge on any atom is -0.391 e. The van der Waals surface area contributed by atoms with Gasteiger partial charge in [-0.2, -0.15) is 0 Å². The average Bonchev–Trinajstić information content (AvgIpc) is 2.85. The highest BCUT2D eigenvalue weighted by atomic mass is 35.5. The van der Waals surface area contributed by atoms with E-state index < -0.39 is 0 Å². The number of anilines is 1. The highest BCUT2D eigenvalue weighted by Crippen LogP contribution is 2.26. The van der Waals surface area contributed by atoms with Crippen LogP contribution in [0.15, 0.2) is 36.4 Å². The first-order chi connectivity index (χ1) is 9.34. The Morgan fingerprint density at radius 2 is 2.10 bits per heavy atom. The van der Waals surface area contributed by atoms with Crippen LogP contribution < -0.4 is 10.2 Å². The monoisotopic (exact) mass is 330 g/mol. The highest BCUT2D eigenvalue weighted by Gasteiger charge is 2.20. The Labute approximate surface area is 139 Å². The van der Waals surface area contributed by atoms with Crippen LogP contribution in [0.4, 0.5) is 5.69 Å². The second-order valence-electron chi connectivity index (χ2n) is 5.44. The summed E-state index contributed by atoms with van der Waals surface area (Å²) in [5.74, 6) is 0. The van der Waals surface area contributed by atoms with Crippen molar-refractivity contribution in [1.29, 1.82) is 0 Å². The van der Waals surface area contributed by atoms with Crippen LogP contribution in [0, 0.1) is 0 Å². The van der Waals surface area contributed by atoms with Gasteiger partial charge in [-0.25, -0.2) is 0 Å². The van der Waals surface area contributed by atoms with Gasteiger partial charge in [-0.3, -0.25) is 0 Å². The summed E-state index contributed by atoms with van der Waals surface area (Å²) >= 11 is 0. The standard InChI is InChI=1S/C16H22N2O.2ClH/c19-16-8-3-10-17-14(16)6-4-11-18-12-9-13-5-1-2-7-15(13)18;;/h1-2,4-7,14,16-17,19H,3,8-12H2;2*1H/b6-4+;;/t14-,16+;;/m1../s1. The molecule has 2 aliphatic rings. The molecular formula is C16H24Cl2N2O. The molecule has 118 valence electrons. The lowest BCUT2D eigenvalue weighted by atomic mass is 10.0. The summed E-state index contributed by atoms with van der Waals surface area (Å²) in [5.41, 5.74) is 2.82. The Morgan fingerprint density at radius 1 is 1.29 bits per heavy atom. The van der Waals surface area contributed by atoms with Crippen LogP contribution in [0.3, 0.4) is 0 Å². The van der Waals surface area contributed by atoms with Crippen LogP contribution in [0.25, 0.3) is 0 Å². The van der Waals surface area contributed by atoms with E-state index in [2.05, 4.69) is 46.6 Å². The zero-order valence-electron chi connectivity index (χ0n) is 12.1. The molecule has 2 atom stereocenters. The number of halogens is 2. The number of nitrogens with zero attached hydrogens (tertiary/aromatic N) is 1. The molecule has 2 heterocycles. The lowest BCUT2D eigenvalue weighted by molar-refractivity contribution is 0.115. The molecular weight excluding hydrogens is 307 g/mol. The van der Waals surface area contributed by atoms with Gasteiger partial charge in [-0.05, 0) is 37.4 Å². The third-order valence-corrected chi connectivity index (χ3v) is 4.12. The van der Waals surface area contributed by atoms with E-state index >= 15 is 0 Å². The van der Waals surface area contributed by atoms with Crippen molar-refractivity contribution in [3.63, 3.8) is 0 Å². The van der Waals surface area contributed by atoms with Gasteiger partial charge in [0.1, 0.15) is 0 Å².